The number of carboxylic acids is 1. The molecule has 0 radical (unpaired) electrons. The highest BCUT2D eigenvalue weighted by Crippen LogP contribution is 2.18. The van der Waals surface area contributed by atoms with Gasteiger partial charge in [0.05, 0.1) is 5.92 Å². The molecule has 1 amide bonds. The van der Waals surface area contributed by atoms with Crippen LogP contribution in [0.3, 0.4) is 0 Å². The van der Waals surface area contributed by atoms with Crippen LogP contribution in [0.5, 0.6) is 0 Å². The summed E-state index contributed by atoms with van der Waals surface area (Å²) in [5.41, 5.74) is 0.922. The lowest BCUT2D eigenvalue weighted by Gasteiger charge is -2.18. The van der Waals surface area contributed by atoms with Crippen molar-refractivity contribution in [3.63, 3.8) is 0 Å². The summed E-state index contributed by atoms with van der Waals surface area (Å²) in [6.45, 7) is 5.65. The van der Waals surface area contributed by atoms with Crippen LogP contribution in [0.25, 0.3) is 0 Å². The summed E-state index contributed by atoms with van der Waals surface area (Å²) < 4.78 is 0. The number of hydrogen-bond donors (Lipinski definition) is 2. The summed E-state index contributed by atoms with van der Waals surface area (Å²) in [6.07, 6.45) is 0.442. The van der Waals surface area contributed by atoms with Gasteiger partial charge < -0.3 is 10.4 Å². The van der Waals surface area contributed by atoms with Crippen molar-refractivity contribution in [3.8, 4) is 0 Å². The van der Waals surface area contributed by atoms with E-state index in [0.717, 1.165) is 5.56 Å². The number of hydrogen-bond acceptors (Lipinski definition) is 3. The topological polar surface area (TPSA) is 66.4 Å². The Bertz CT molecular complexity index is 400. The molecule has 18 heavy (non-hydrogen) atoms. The first-order valence-electron chi connectivity index (χ1n) is 5.97. The fraction of sp³-hybridized carbons (Fsp3) is 0.538. The van der Waals surface area contributed by atoms with Crippen molar-refractivity contribution in [1.29, 1.82) is 0 Å². The van der Waals surface area contributed by atoms with Gasteiger partial charge in [-0.1, -0.05) is 13.8 Å². The molecule has 2 atom stereocenters. The number of nitrogens with one attached hydrogen (secondary N) is 1. The molecular formula is C13H19NO3S. The first-order chi connectivity index (χ1) is 8.41. The Labute approximate surface area is 111 Å². The minimum Gasteiger partial charge on any atom is -0.480 e. The Morgan fingerprint density at radius 2 is 2.06 bits per heavy atom. The molecule has 1 rings (SSSR count). The smallest absolute Gasteiger partial charge is 0.326 e. The lowest BCUT2D eigenvalue weighted by atomic mass is 10.0. The van der Waals surface area contributed by atoms with Gasteiger partial charge in [0.1, 0.15) is 6.04 Å². The van der Waals surface area contributed by atoms with Crippen LogP contribution in [0.1, 0.15) is 38.7 Å². The summed E-state index contributed by atoms with van der Waals surface area (Å²) in [7, 11) is 0. The number of aliphatic carboxylic acids is 1. The minimum atomic E-state index is -0.977. The molecule has 2 N–H and O–H groups in total. The van der Waals surface area contributed by atoms with Gasteiger partial charge in [-0.25, -0.2) is 4.79 Å². The molecular weight excluding hydrogens is 250 g/mol. The summed E-state index contributed by atoms with van der Waals surface area (Å²) >= 11 is 1.52. The van der Waals surface area contributed by atoms with E-state index in [4.69, 9.17) is 5.11 Å². The molecule has 0 fully saturated rings. The molecule has 1 unspecified atom stereocenters. The van der Waals surface area contributed by atoms with Crippen molar-refractivity contribution < 1.29 is 14.7 Å². The molecule has 1 heterocycles. The van der Waals surface area contributed by atoms with Gasteiger partial charge in [-0.05, 0) is 41.7 Å². The van der Waals surface area contributed by atoms with Crippen molar-refractivity contribution in [1.82, 2.24) is 5.32 Å². The predicted octanol–water partition coefficient (Wildman–Crippen LogP) is 2.47. The van der Waals surface area contributed by atoms with Crippen molar-refractivity contribution in [3.05, 3.63) is 22.4 Å². The molecule has 0 saturated carbocycles. The largest absolute Gasteiger partial charge is 0.480 e. The molecule has 0 aromatic carbocycles. The second kappa shape index (κ2) is 6.54. The fourth-order valence-corrected chi connectivity index (χ4v) is 2.42. The molecule has 1 aromatic rings. The van der Waals surface area contributed by atoms with Gasteiger partial charge in [-0.2, -0.15) is 11.3 Å². The Hall–Kier alpha value is -1.36. The van der Waals surface area contributed by atoms with Gasteiger partial charge in [0.25, 0.3) is 0 Å². The lowest BCUT2D eigenvalue weighted by molar-refractivity contribution is -0.142. The number of carbonyl (C=O) groups excluding carboxylic acids is 1. The monoisotopic (exact) mass is 269 g/mol. The standard InChI is InChI=1S/C13H19NO3S/c1-8(2)6-11(13(16)17)14-12(15)9(3)10-4-5-18-7-10/h4-5,7-9,11H,6H2,1-3H3,(H,14,15)(H,16,17)/t9?,11-/m1/s1. The van der Waals surface area contributed by atoms with Crippen LogP contribution in [-0.2, 0) is 9.59 Å². The molecule has 4 nitrogen and oxygen atoms in total. The van der Waals surface area contributed by atoms with E-state index < -0.39 is 12.0 Å². The van der Waals surface area contributed by atoms with E-state index in [-0.39, 0.29) is 17.7 Å². The van der Waals surface area contributed by atoms with E-state index in [1.807, 2.05) is 30.7 Å². The van der Waals surface area contributed by atoms with Gasteiger partial charge in [0.15, 0.2) is 0 Å². The van der Waals surface area contributed by atoms with E-state index >= 15 is 0 Å². The summed E-state index contributed by atoms with van der Waals surface area (Å²) in [6, 6.07) is 1.08. The van der Waals surface area contributed by atoms with Crippen molar-refractivity contribution >= 4 is 23.2 Å². The van der Waals surface area contributed by atoms with Gasteiger partial charge in [-0.15, -0.1) is 0 Å². The maximum absolute atomic E-state index is 12.0. The van der Waals surface area contributed by atoms with Gasteiger partial charge in [0.2, 0.25) is 5.91 Å². The normalized spacial score (nSPS) is 14.2. The number of rotatable bonds is 6. The highest BCUT2D eigenvalue weighted by molar-refractivity contribution is 7.08. The van der Waals surface area contributed by atoms with Crippen LogP contribution < -0.4 is 5.32 Å². The maximum atomic E-state index is 12.0. The first-order valence-corrected chi connectivity index (χ1v) is 6.91. The van der Waals surface area contributed by atoms with Crippen LogP contribution >= 0.6 is 11.3 Å². The predicted molar refractivity (Wildman–Crippen MR) is 71.8 cm³/mol. The molecule has 0 aliphatic carbocycles. The highest BCUT2D eigenvalue weighted by Gasteiger charge is 2.24. The van der Waals surface area contributed by atoms with Gasteiger partial charge in [0, 0.05) is 0 Å². The SMILES string of the molecule is CC(C)C[C@@H](NC(=O)C(C)c1ccsc1)C(=O)O. The zero-order valence-corrected chi connectivity index (χ0v) is 11.7. The van der Waals surface area contributed by atoms with Crippen LogP contribution in [-0.4, -0.2) is 23.0 Å². The Morgan fingerprint density at radius 3 is 2.50 bits per heavy atom. The molecule has 0 spiro atoms. The number of carbonyl (C=O) groups is 2. The molecule has 0 saturated heterocycles. The third kappa shape index (κ3) is 4.14. The zero-order chi connectivity index (χ0) is 13.7. The fourth-order valence-electron chi connectivity index (χ4n) is 1.66. The number of thiophene rings is 1. The van der Waals surface area contributed by atoms with Crippen LogP contribution in [0.15, 0.2) is 16.8 Å². The third-order valence-electron chi connectivity index (χ3n) is 2.76. The van der Waals surface area contributed by atoms with E-state index in [2.05, 4.69) is 5.32 Å². The van der Waals surface area contributed by atoms with E-state index in [0.29, 0.717) is 6.42 Å². The first kappa shape index (κ1) is 14.7. The molecule has 1 aromatic heterocycles. The van der Waals surface area contributed by atoms with Crippen molar-refractivity contribution in [2.24, 2.45) is 5.92 Å². The Morgan fingerprint density at radius 1 is 1.39 bits per heavy atom. The van der Waals surface area contributed by atoms with E-state index in [9.17, 15) is 9.59 Å². The third-order valence-corrected chi connectivity index (χ3v) is 3.46. The summed E-state index contributed by atoms with van der Waals surface area (Å²) in [5.74, 6) is -1.30. The van der Waals surface area contributed by atoms with Gasteiger partial charge in [-0.3, -0.25) is 4.79 Å². The molecule has 0 aliphatic heterocycles. The second-order valence-corrected chi connectivity index (χ2v) is 5.59. The van der Waals surface area contributed by atoms with E-state index in [1.54, 1.807) is 6.92 Å². The number of carboxylic acid groups (broad SMARTS) is 1. The second-order valence-electron chi connectivity index (χ2n) is 4.81. The van der Waals surface area contributed by atoms with Crippen molar-refractivity contribution in [2.75, 3.05) is 0 Å². The molecule has 0 aliphatic rings. The van der Waals surface area contributed by atoms with Crippen molar-refractivity contribution in [2.45, 2.75) is 39.2 Å². The Kier molecular flexibility index (Phi) is 5.34. The molecule has 5 heteroatoms. The molecule has 100 valence electrons. The van der Waals surface area contributed by atoms with E-state index in [1.165, 1.54) is 11.3 Å². The average molecular weight is 269 g/mol. The van der Waals surface area contributed by atoms with Crippen LogP contribution in [0.2, 0.25) is 0 Å². The summed E-state index contributed by atoms with van der Waals surface area (Å²) in [5, 5.41) is 15.5. The van der Waals surface area contributed by atoms with Gasteiger partial charge >= 0.3 is 5.97 Å². The maximum Gasteiger partial charge on any atom is 0.326 e. The lowest BCUT2D eigenvalue weighted by Crippen LogP contribution is -2.43. The highest BCUT2D eigenvalue weighted by atomic mass is 32.1. The zero-order valence-electron chi connectivity index (χ0n) is 10.8. The quantitative estimate of drug-likeness (QED) is 0.833. The minimum absolute atomic E-state index is 0.225. The molecule has 0 bridgehead atoms. The van der Waals surface area contributed by atoms with Crippen LogP contribution in [0, 0.1) is 5.92 Å². The summed E-state index contributed by atoms with van der Waals surface area (Å²) in [4.78, 5) is 23.0. The number of amides is 1. The van der Waals surface area contributed by atoms with Crippen LogP contribution in [0.4, 0.5) is 0 Å². The Balaban J connectivity index is 2.64. The average Bonchev–Trinajstić information content (AvgIpc) is 2.79.